The fourth-order valence-electron chi connectivity index (χ4n) is 1.45. The van der Waals surface area contributed by atoms with Gasteiger partial charge in [0.05, 0.1) is 26.1 Å². The van der Waals surface area contributed by atoms with Crippen LogP contribution in [0.1, 0.15) is 5.56 Å². The van der Waals surface area contributed by atoms with Crippen LogP contribution in [0.5, 0.6) is 0 Å². The number of ether oxygens (including phenoxy) is 3. The van der Waals surface area contributed by atoms with E-state index in [2.05, 4.69) is 4.74 Å². The van der Waals surface area contributed by atoms with Gasteiger partial charge in [-0.15, -0.1) is 0 Å². The highest BCUT2D eigenvalue weighted by Gasteiger charge is 2.21. The molecule has 0 bridgehead atoms. The zero-order valence-corrected chi connectivity index (χ0v) is 9.37. The van der Waals surface area contributed by atoms with Crippen LogP contribution in [0.3, 0.4) is 0 Å². The summed E-state index contributed by atoms with van der Waals surface area (Å²) in [5.41, 5.74) is 1.12. The van der Waals surface area contributed by atoms with Crippen LogP contribution in [0.4, 0.5) is 0 Å². The van der Waals surface area contributed by atoms with Gasteiger partial charge >= 0.3 is 5.97 Å². The van der Waals surface area contributed by atoms with Gasteiger partial charge < -0.3 is 14.2 Å². The van der Waals surface area contributed by atoms with E-state index >= 15 is 0 Å². The fraction of sp³-hybridized carbons (Fsp3) is 0.308. The Labute approximate surface area is 99.8 Å². The van der Waals surface area contributed by atoms with Gasteiger partial charge in [-0.1, -0.05) is 30.3 Å². The van der Waals surface area contributed by atoms with Crippen LogP contribution in [0, 0.1) is 0 Å². The molecule has 0 aromatic heterocycles. The van der Waals surface area contributed by atoms with Crippen molar-refractivity contribution < 1.29 is 19.0 Å². The van der Waals surface area contributed by atoms with Crippen molar-refractivity contribution in [1.82, 2.24) is 0 Å². The van der Waals surface area contributed by atoms with Crippen LogP contribution in [0.15, 0.2) is 42.7 Å². The largest absolute Gasteiger partial charge is 0.433 e. The summed E-state index contributed by atoms with van der Waals surface area (Å²) in [6.07, 6.45) is 2.35. The number of carbonyl (C=O) groups is 1. The SMILES string of the molecule is O=C1OC=CC1OCCOCc1ccccc1. The normalized spacial score (nSPS) is 18.4. The molecule has 0 N–H and O–H groups in total. The highest BCUT2D eigenvalue weighted by atomic mass is 16.6. The van der Waals surface area contributed by atoms with Crippen molar-refractivity contribution in [2.45, 2.75) is 12.7 Å². The molecule has 4 nitrogen and oxygen atoms in total. The molecule has 1 heterocycles. The van der Waals surface area contributed by atoms with Gasteiger partial charge in [-0.2, -0.15) is 0 Å². The smallest absolute Gasteiger partial charge is 0.344 e. The fourth-order valence-corrected chi connectivity index (χ4v) is 1.45. The zero-order chi connectivity index (χ0) is 11.9. The summed E-state index contributed by atoms with van der Waals surface area (Å²) in [6, 6.07) is 9.89. The molecule has 90 valence electrons. The minimum absolute atomic E-state index is 0.368. The summed E-state index contributed by atoms with van der Waals surface area (Å²) in [4.78, 5) is 11.0. The van der Waals surface area contributed by atoms with Crippen molar-refractivity contribution in [3.05, 3.63) is 48.2 Å². The summed E-state index contributed by atoms with van der Waals surface area (Å²) in [7, 11) is 0. The summed E-state index contributed by atoms with van der Waals surface area (Å²) in [5.74, 6) is -0.368. The van der Waals surface area contributed by atoms with E-state index in [9.17, 15) is 4.79 Å². The topological polar surface area (TPSA) is 44.8 Å². The molecule has 0 aliphatic carbocycles. The van der Waals surface area contributed by atoms with Crippen LogP contribution in [0.25, 0.3) is 0 Å². The van der Waals surface area contributed by atoms with Crippen LogP contribution in [-0.4, -0.2) is 25.3 Å². The second kappa shape index (κ2) is 6.18. The first-order valence-electron chi connectivity index (χ1n) is 5.47. The van der Waals surface area contributed by atoms with Crippen molar-refractivity contribution in [3.63, 3.8) is 0 Å². The number of hydrogen-bond donors (Lipinski definition) is 0. The minimum atomic E-state index is -0.574. The van der Waals surface area contributed by atoms with E-state index in [4.69, 9.17) is 9.47 Å². The van der Waals surface area contributed by atoms with E-state index in [1.54, 1.807) is 6.08 Å². The van der Waals surface area contributed by atoms with Crippen LogP contribution in [-0.2, 0) is 25.6 Å². The first kappa shape index (κ1) is 11.8. The molecule has 0 fully saturated rings. The molecule has 0 saturated heterocycles. The summed E-state index contributed by atoms with van der Waals surface area (Å²) in [5, 5.41) is 0. The molecule has 1 aromatic rings. The average Bonchev–Trinajstić information content (AvgIpc) is 2.76. The van der Waals surface area contributed by atoms with Gasteiger partial charge in [0.2, 0.25) is 0 Å². The van der Waals surface area contributed by atoms with Gasteiger partial charge in [0.15, 0.2) is 6.10 Å². The Hall–Kier alpha value is -1.65. The highest BCUT2D eigenvalue weighted by Crippen LogP contribution is 2.06. The van der Waals surface area contributed by atoms with Crippen molar-refractivity contribution in [1.29, 1.82) is 0 Å². The molecule has 1 aliphatic rings. The van der Waals surface area contributed by atoms with Gasteiger partial charge in [-0.3, -0.25) is 0 Å². The molecule has 2 rings (SSSR count). The lowest BCUT2D eigenvalue weighted by molar-refractivity contribution is -0.145. The summed E-state index contributed by atoms with van der Waals surface area (Å²) >= 11 is 0. The monoisotopic (exact) mass is 234 g/mol. The van der Waals surface area contributed by atoms with Crippen LogP contribution < -0.4 is 0 Å². The van der Waals surface area contributed by atoms with Crippen molar-refractivity contribution >= 4 is 5.97 Å². The van der Waals surface area contributed by atoms with Gasteiger partial charge in [0, 0.05) is 0 Å². The summed E-state index contributed by atoms with van der Waals surface area (Å²) < 4.78 is 15.3. The Balaban J connectivity index is 1.58. The van der Waals surface area contributed by atoms with E-state index < -0.39 is 6.10 Å². The third kappa shape index (κ3) is 3.69. The van der Waals surface area contributed by atoms with Gasteiger partial charge in [-0.05, 0) is 11.6 Å². The molecule has 0 spiro atoms. The maximum atomic E-state index is 11.0. The predicted molar refractivity (Wildman–Crippen MR) is 61.1 cm³/mol. The van der Waals surface area contributed by atoms with Crippen LogP contribution >= 0.6 is 0 Å². The molecular weight excluding hydrogens is 220 g/mol. The van der Waals surface area contributed by atoms with Gasteiger partial charge in [0.1, 0.15) is 0 Å². The van der Waals surface area contributed by atoms with Gasteiger partial charge in [-0.25, -0.2) is 4.79 Å². The lowest BCUT2D eigenvalue weighted by atomic mass is 10.2. The molecule has 1 aromatic carbocycles. The third-order valence-electron chi connectivity index (χ3n) is 2.31. The number of carbonyl (C=O) groups excluding carboxylic acids is 1. The lowest BCUT2D eigenvalue weighted by Gasteiger charge is -2.08. The number of esters is 1. The first-order chi connectivity index (χ1) is 8.36. The van der Waals surface area contributed by atoms with E-state index in [-0.39, 0.29) is 5.97 Å². The summed E-state index contributed by atoms with van der Waals surface area (Å²) in [6.45, 7) is 1.37. The van der Waals surface area contributed by atoms with E-state index in [1.807, 2.05) is 30.3 Å². The van der Waals surface area contributed by atoms with Crippen LogP contribution in [0.2, 0.25) is 0 Å². The van der Waals surface area contributed by atoms with Gasteiger partial charge in [0.25, 0.3) is 0 Å². The zero-order valence-electron chi connectivity index (χ0n) is 9.37. The molecule has 1 unspecified atom stereocenters. The van der Waals surface area contributed by atoms with E-state index in [1.165, 1.54) is 6.26 Å². The molecule has 0 radical (unpaired) electrons. The Morgan fingerprint density at radius 2 is 2.00 bits per heavy atom. The Morgan fingerprint density at radius 1 is 1.18 bits per heavy atom. The third-order valence-corrected chi connectivity index (χ3v) is 2.31. The highest BCUT2D eigenvalue weighted by molar-refractivity contribution is 5.79. The Kier molecular flexibility index (Phi) is 4.30. The van der Waals surface area contributed by atoms with Crippen molar-refractivity contribution in [3.8, 4) is 0 Å². The number of rotatable bonds is 6. The van der Waals surface area contributed by atoms with Crippen molar-refractivity contribution in [2.24, 2.45) is 0 Å². The predicted octanol–water partition coefficient (Wildman–Crippen LogP) is 1.66. The lowest BCUT2D eigenvalue weighted by Crippen LogP contribution is -2.20. The maximum Gasteiger partial charge on any atom is 0.344 e. The second-order valence-electron chi connectivity index (χ2n) is 3.59. The Bertz CT molecular complexity index is 386. The molecular formula is C13H14O4. The molecule has 4 heteroatoms. The quantitative estimate of drug-likeness (QED) is 0.554. The second-order valence-corrected chi connectivity index (χ2v) is 3.59. The molecule has 1 aliphatic heterocycles. The molecule has 0 amide bonds. The maximum absolute atomic E-state index is 11.0. The number of benzene rings is 1. The molecule has 1 atom stereocenters. The number of hydrogen-bond acceptors (Lipinski definition) is 4. The van der Waals surface area contributed by atoms with Crippen molar-refractivity contribution in [2.75, 3.05) is 13.2 Å². The Morgan fingerprint density at radius 3 is 2.71 bits per heavy atom. The number of cyclic esters (lactones) is 1. The van der Waals surface area contributed by atoms with E-state index in [0.29, 0.717) is 19.8 Å². The standard InChI is InChI=1S/C13H14O4/c14-13-12(6-7-17-13)16-9-8-15-10-11-4-2-1-3-5-11/h1-7,12H,8-10H2. The first-order valence-corrected chi connectivity index (χ1v) is 5.47. The van der Waals surface area contributed by atoms with E-state index in [0.717, 1.165) is 5.56 Å². The average molecular weight is 234 g/mol. The minimum Gasteiger partial charge on any atom is -0.433 e. The molecule has 17 heavy (non-hydrogen) atoms. The molecule has 0 saturated carbocycles.